The van der Waals surface area contributed by atoms with Gasteiger partial charge in [0.05, 0.1) is 0 Å². The first-order valence-electron chi connectivity index (χ1n) is 9.00. The van der Waals surface area contributed by atoms with Crippen LogP contribution in [0.4, 0.5) is 0 Å². The van der Waals surface area contributed by atoms with Gasteiger partial charge in [0.15, 0.2) is 0 Å². The molecule has 0 aliphatic heterocycles. The fraction of sp³-hybridized carbons (Fsp3) is 0.600. The van der Waals surface area contributed by atoms with Gasteiger partial charge in [0.25, 0.3) is 0 Å². The minimum absolute atomic E-state index is 0.0777. The number of Topliss-reactive ketones (excluding diaryl/α,β-unsaturated/α-hetero) is 1. The van der Waals surface area contributed by atoms with Gasteiger partial charge in [-0.25, -0.2) is 4.79 Å². The van der Waals surface area contributed by atoms with Crippen LogP contribution >= 0.6 is 0 Å². The van der Waals surface area contributed by atoms with Gasteiger partial charge in [0.2, 0.25) is 5.78 Å². The molecule has 0 saturated heterocycles. The van der Waals surface area contributed by atoms with E-state index in [1.165, 1.54) is 12.8 Å². The topological polar surface area (TPSA) is 74.6 Å². The largest absolute Gasteiger partial charge is 0.476 e. The summed E-state index contributed by atoms with van der Waals surface area (Å²) in [4.78, 5) is 21.4. The van der Waals surface area contributed by atoms with Crippen molar-refractivity contribution in [3.63, 3.8) is 0 Å². The van der Waals surface area contributed by atoms with Gasteiger partial charge in [0, 0.05) is 13.0 Å². The number of rotatable bonds is 13. The Labute approximate surface area is 145 Å². The summed E-state index contributed by atoms with van der Waals surface area (Å²) >= 11 is 0. The number of aliphatic hydroxyl groups excluding tert-OH is 1. The van der Waals surface area contributed by atoms with Crippen LogP contribution in [0.25, 0.3) is 0 Å². The van der Waals surface area contributed by atoms with Crippen LogP contribution in [0.3, 0.4) is 0 Å². The van der Waals surface area contributed by atoms with E-state index in [1.54, 1.807) is 0 Å². The predicted octanol–water partition coefficient (Wildman–Crippen LogP) is 4.06. The third kappa shape index (κ3) is 8.82. The summed E-state index contributed by atoms with van der Waals surface area (Å²) in [5.41, 5.74) is 0. The van der Waals surface area contributed by atoms with E-state index in [1.807, 2.05) is 6.08 Å². The van der Waals surface area contributed by atoms with Gasteiger partial charge in [0.1, 0.15) is 0 Å². The Bertz CT molecular complexity index is 462. The van der Waals surface area contributed by atoms with Crippen LogP contribution in [-0.4, -0.2) is 28.6 Å². The highest BCUT2D eigenvalue weighted by Crippen LogP contribution is 2.30. The summed E-state index contributed by atoms with van der Waals surface area (Å²) in [6.45, 7) is 0.294. The second-order valence-electron chi connectivity index (χ2n) is 6.33. The van der Waals surface area contributed by atoms with Gasteiger partial charge in [-0.1, -0.05) is 49.3 Å². The van der Waals surface area contributed by atoms with E-state index in [2.05, 4.69) is 30.4 Å². The number of hydrogen-bond donors (Lipinski definition) is 2. The zero-order valence-corrected chi connectivity index (χ0v) is 14.4. The second kappa shape index (κ2) is 12.7. The number of unbranched alkanes of at least 4 members (excludes halogenated alkanes) is 4. The van der Waals surface area contributed by atoms with Gasteiger partial charge in [-0.3, -0.25) is 4.79 Å². The number of carbonyl (C=O) groups excluding carboxylic acids is 1. The quantitative estimate of drug-likeness (QED) is 0.303. The molecule has 134 valence electrons. The van der Waals surface area contributed by atoms with Gasteiger partial charge in [-0.15, -0.1) is 0 Å². The van der Waals surface area contributed by atoms with E-state index in [0.717, 1.165) is 32.1 Å². The molecule has 0 heterocycles. The van der Waals surface area contributed by atoms with E-state index in [4.69, 9.17) is 10.2 Å². The van der Waals surface area contributed by atoms with Crippen molar-refractivity contribution in [3.05, 3.63) is 36.5 Å². The summed E-state index contributed by atoms with van der Waals surface area (Å²) in [5.74, 6) is -1.01. The van der Waals surface area contributed by atoms with Gasteiger partial charge < -0.3 is 10.2 Å². The van der Waals surface area contributed by atoms with Gasteiger partial charge >= 0.3 is 5.97 Å². The molecule has 0 aromatic rings. The molecule has 24 heavy (non-hydrogen) atoms. The lowest BCUT2D eigenvalue weighted by Gasteiger charge is -2.13. The molecule has 0 radical (unpaired) electrons. The lowest BCUT2D eigenvalue weighted by molar-refractivity contribution is -0.149. The highest BCUT2D eigenvalue weighted by molar-refractivity contribution is 6.32. The second-order valence-corrected chi connectivity index (χ2v) is 6.33. The van der Waals surface area contributed by atoms with Crippen LogP contribution in [-0.2, 0) is 9.59 Å². The maximum absolute atomic E-state index is 11.0. The first-order valence-corrected chi connectivity index (χ1v) is 9.00. The van der Waals surface area contributed by atoms with Crippen molar-refractivity contribution >= 4 is 11.8 Å². The molecular weight excluding hydrogens is 304 g/mol. The lowest BCUT2D eigenvalue weighted by Crippen LogP contribution is -2.11. The highest BCUT2D eigenvalue weighted by atomic mass is 16.4. The zero-order chi connectivity index (χ0) is 17.6. The summed E-state index contributed by atoms with van der Waals surface area (Å²) in [5, 5.41) is 17.2. The molecule has 1 aliphatic carbocycles. The molecule has 0 saturated carbocycles. The normalized spacial score (nSPS) is 20.4. The Kier molecular flexibility index (Phi) is 10.8. The number of aliphatic carboxylic acids is 1. The fourth-order valence-corrected chi connectivity index (χ4v) is 2.89. The number of carboxylic acids is 1. The number of allylic oxidation sites excluding steroid dienone is 6. The molecule has 2 N–H and O–H groups in total. The number of carboxylic acid groups (broad SMARTS) is 1. The number of hydrogen-bond acceptors (Lipinski definition) is 3. The van der Waals surface area contributed by atoms with Crippen molar-refractivity contribution in [2.45, 2.75) is 57.8 Å². The number of aliphatic hydroxyl groups is 1. The SMILES string of the molecule is O=C(O)C(=O)CCC=CC[C@@H]1CC=C[C@@H]1C=CCCCCCCO. The predicted molar refractivity (Wildman–Crippen MR) is 95.7 cm³/mol. The zero-order valence-electron chi connectivity index (χ0n) is 14.4. The Morgan fingerprint density at radius 1 is 1.04 bits per heavy atom. The molecule has 4 heteroatoms. The van der Waals surface area contributed by atoms with Gasteiger partial charge in [-0.2, -0.15) is 0 Å². The van der Waals surface area contributed by atoms with Crippen LogP contribution < -0.4 is 0 Å². The Morgan fingerprint density at radius 3 is 2.58 bits per heavy atom. The van der Waals surface area contributed by atoms with Crippen LogP contribution in [0.15, 0.2) is 36.5 Å². The monoisotopic (exact) mass is 334 g/mol. The smallest absolute Gasteiger partial charge is 0.372 e. The molecule has 0 bridgehead atoms. The molecule has 0 amide bonds. The summed E-state index contributed by atoms with van der Waals surface area (Å²) in [6, 6.07) is 0. The molecule has 0 unspecified atom stereocenters. The Hall–Kier alpha value is -1.68. The average molecular weight is 334 g/mol. The van der Waals surface area contributed by atoms with Crippen molar-refractivity contribution in [3.8, 4) is 0 Å². The van der Waals surface area contributed by atoms with E-state index < -0.39 is 11.8 Å². The minimum atomic E-state index is -1.34. The first-order chi connectivity index (χ1) is 11.6. The van der Waals surface area contributed by atoms with E-state index >= 15 is 0 Å². The molecule has 0 spiro atoms. The summed E-state index contributed by atoms with van der Waals surface area (Å²) in [6.07, 6.45) is 21.1. The van der Waals surface area contributed by atoms with Gasteiger partial charge in [-0.05, 0) is 50.4 Å². The average Bonchev–Trinajstić information content (AvgIpc) is 3.00. The van der Waals surface area contributed by atoms with E-state index in [9.17, 15) is 9.59 Å². The molecule has 0 aromatic heterocycles. The molecule has 1 aliphatic rings. The summed E-state index contributed by atoms with van der Waals surface area (Å²) < 4.78 is 0. The van der Waals surface area contributed by atoms with Crippen LogP contribution in [0.2, 0.25) is 0 Å². The molecule has 1 rings (SSSR count). The molecule has 0 aromatic carbocycles. The van der Waals surface area contributed by atoms with E-state index in [-0.39, 0.29) is 6.42 Å². The molecule has 4 nitrogen and oxygen atoms in total. The van der Waals surface area contributed by atoms with Crippen LogP contribution in [0.1, 0.15) is 57.8 Å². The highest BCUT2D eigenvalue weighted by Gasteiger charge is 2.18. The minimum Gasteiger partial charge on any atom is -0.476 e. The Balaban J connectivity index is 2.19. The van der Waals surface area contributed by atoms with Crippen molar-refractivity contribution in [1.82, 2.24) is 0 Å². The van der Waals surface area contributed by atoms with Crippen molar-refractivity contribution in [2.24, 2.45) is 11.8 Å². The third-order valence-corrected chi connectivity index (χ3v) is 4.36. The fourth-order valence-electron chi connectivity index (χ4n) is 2.89. The Morgan fingerprint density at radius 2 is 1.83 bits per heavy atom. The number of carbonyl (C=O) groups is 2. The third-order valence-electron chi connectivity index (χ3n) is 4.36. The molecule has 0 fully saturated rings. The first kappa shape index (κ1) is 20.4. The van der Waals surface area contributed by atoms with Crippen LogP contribution in [0.5, 0.6) is 0 Å². The maximum Gasteiger partial charge on any atom is 0.372 e. The van der Waals surface area contributed by atoms with Crippen molar-refractivity contribution < 1.29 is 19.8 Å². The standard InChI is InChI=1S/C20H30O4/c21-16-9-4-2-1-3-6-11-17-13-10-14-18(17)12-7-5-8-15-19(22)20(23)24/h5-7,10-11,13,17-18,21H,1-4,8-9,12,14-16H2,(H,23,24)/t17-,18+/m0/s1. The molecule has 2 atom stereocenters. The van der Waals surface area contributed by atoms with Crippen molar-refractivity contribution in [1.29, 1.82) is 0 Å². The lowest BCUT2D eigenvalue weighted by atomic mass is 9.91. The molecular formula is C20H30O4. The van der Waals surface area contributed by atoms with Crippen molar-refractivity contribution in [2.75, 3.05) is 6.61 Å². The maximum atomic E-state index is 11.0. The summed E-state index contributed by atoms with van der Waals surface area (Å²) in [7, 11) is 0. The van der Waals surface area contributed by atoms with Crippen LogP contribution in [0, 0.1) is 11.8 Å². The number of ketones is 1. The van der Waals surface area contributed by atoms with E-state index in [0.29, 0.717) is 24.9 Å².